The molecule has 0 spiro atoms. The fourth-order valence-corrected chi connectivity index (χ4v) is 3.37. The minimum absolute atomic E-state index is 0.00521. The minimum atomic E-state index is 0.00521. The Morgan fingerprint density at radius 1 is 1.20 bits per heavy atom. The first kappa shape index (κ1) is 13.6. The standard InChI is InChI=1S/C15H13BrO3S/c1-9-3-4-14(20-9)15(17)10-7-12-13(8-11(10)16)19-6-2-5-18-12/h3-4,7-8H,2,5-6H2,1H3. The van der Waals surface area contributed by atoms with Gasteiger partial charge in [0.25, 0.3) is 0 Å². The summed E-state index contributed by atoms with van der Waals surface area (Å²) in [5.41, 5.74) is 0.608. The van der Waals surface area contributed by atoms with Crippen LogP contribution >= 0.6 is 27.3 Å². The molecule has 104 valence electrons. The minimum Gasteiger partial charge on any atom is -0.490 e. The lowest BCUT2D eigenvalue weighted by Gasteiger charge is -2.10. The maximum absolute atomic E-state index is 12.5. The van der Waals surface area contributed by atoms with Crippen molar-refractivity contribution in [3.05, 3.63) is 44.1 Å². The number of fused-ring (bicyclic) bond motifs is 1. The molecule has 0 saturated carbocycles. The lowest BCUT2D eigenvalue weighted by molar-refractivity contribution is 0.104. The van der Waals surface area contributed by atoms with Gasteiger partial charge >= 0.3 is 0 Å². The molecule has 5 heteroatoms. The maximum atomic E-state index is 12.5. The van der Waals surface area contributed by atoms with E-state index in [1.54, 1.807) is 6.07 Å². The Morgan fingerprint density at radius 3 is 2.55 bits per heavy atom. The van der Waals surface area contributed by atoms with Crippen molar-refractivity contribution in [2.75, 3.05) is 13.2 Å². The first-order chi connectivity index (χ1) is 9.65. The molecule has 3 rings (SSSR count). The van der Waals surface area contributed by atoms with Crippen molar-refractivity contribution < 1.29 is 14.3 Å². The third-order valence-electron chi connectivity index (χ3n) is 3.05. The third kappa shape index (κ3) is 2.60. The zero-order chi connectivity index (χ0) is 14.1. The van der Waals surface area contributed by atoms with E-state index < -0.39 is 0 Å². The van der Waals surface area contributed by atoms with Crippen LogP contribution in [-0.2, 0) is 0 Å². The number of ketones is 1. The topological polar surface area (TPSA) is 35.5 Å². The van der Waals surface area contributed by atoms with Gasteiger partial charge in [0.15, 0.2) is 11.5 Å². The highest BCUT2D eigenvalue weighted by molar-refractivity contribution is 9.10. The summed E-state index contributed by atoms with van der Waals surface area (Å²) in [5.74, 6) is 1.33. The number of halogens is 1. The van der Waals surface area contributed by atoms with Gasteiger partial charge in [0.1, 0.15) is 0 Å². The van der Waals surface area contributed by atoms with Crippen LogP contribution in [0, 0.1) is 6.92 Å². The number of carbonyl (C=O) groups excluding carboxylic acids is 1. The third-order valence-corrected chi connectivity index (χ3v) is 4.70. The van der Waals surface area contributed by atoms with Gasteiger partial charge in [0.2, 0.25) is 5.78 Å². The van der Waals surface area contributed by atoms with Gasteiger partial charge in [-0.25, -0.2) is 0 Å². The van der Waals surface area contributed by atoms with Crippen molar-refractivity contribution >= 4 is 33.0 Å². The molecule has 2 aromatic rings. The number of thiophene rings is 1. The molecule has 0 aliphatic carbocycles. The zero-order valence-electron chi connectivity index (χ0n) is 10.9. The second kappa shape index (κ2) is 5.58. The Bertz CT molecular complexity index is 663. The molecule has 0 N–H and O–H groups in total. The van der Waals surface area contributed by atoms with Gasteiger partial charge in [-0.3, -0.25) is 4.79 Å². The van der Waals surface area contributed by atoms with Crippen LogP contribution in [0.2, 0.25) is 0 Å². The SMILES string of the molecule is Cc1ccc(C(=O)c2cc3c(cc2Br)OCCCO3)s1. The van der Waals surface area contributed by atoms with Gasteiger partial charge in [-0.15, -0.1) is 11.3 Å². The molecule has 1 aromatic heterocycles. The first-order valence-corrected chi connectivity index (χ1v) is 7.96. The van der Waals surface area contributed by atoms with Gasteiger partial charge in [-0.1, -0.05) is 0 Å². The van der Waals surface area contributed by atoms with E-state index in [4.69, 9.17) is 9.47 Å². The highest BCUT2D eigenvalue weighted by Gasteiger charge is 2.19. The summed E-state index contributed by atoms with van der Waals surface area (Å²) in [6, 6.07) is 7.39. The summed E-state index contributed by atoms with van der Waals surface area (Å²) in [7, 11) is 0. The second-order valence-corrected chi connectivity index (χ2v) is 6.71. The molecule has 1 aliphatic heterocycles. The van der Waals surface area contributed by atoms with Gasteiger partial charge in [0.05, 0.1) is 18.1 Å². The molecular weight excluding hydrogens is 340 g/mol. The van der Waals surface area contributed by atoms with E-state index in [2.05, 4.69) is 15.9 Å². The molecule has 0 fully saturated rings. The summed E-state index contributed by atoms with van der Waals surface area (Å²) < 4.78 is 12.0. The normalized spacial score (nSPS) is 13.9. The van der Waals surface area contributed by atoms with Gasteiger partial charge < -0.3 is 9.47 Å². The molecule has 2 heterocycles. The van der Waals surface area contributed by atoms with E-state index in [9.17, 15) is 4.79 Å². The predicted molar refractivity (Wildman–Crippen MR) is 82.2 cm³/mol. The Balaban J connectivity index is 2.01. The molecule has 0 saturated heterocycles. The fraction of sp³-hybridized carbons (Fsp3) is 0.267. The molecule has 0 atom stereocenters. The largest absolute Gasteiger partial charge is 0.490 e. The summed E-state index contributed by atoms with van der Waals surface area (Å²) in [6.45, 7) is 3.24. The highest BCUT2D eigenvalue weighted by atomic mass is 79.9. The van der Waals surface area contributed by atoms with Crippen LogP contribution < -0.4 is 9.47 Å². The molecule has 1 aliphatic rings. The van der Waals surface area contributed by atoms with Crippen LogP contribution in [0.1, 0.15) is 26.5 Å². The molecule has 1 aromatic carbocycles. The van der Waals surface area contributed by atoms with Gasteiger partial charge in [0, 0.05) is 21.3 Å². The van der Waals surface area contributed by atoms with E-state index in [0.29, 0.717) is 30.3 Å². The number of benzene rings is 1. The smallest absolute Gasteiger partial charge is 0.204 e. The fourth-order valence-electron chi connectivity index (χ4n) is 2.05. The lowest BCUT2D eigenvalue weighted by atomic mass is 10.1. The van der Waals surface area contributed by atoms with Crippen molar-refractivity contribution in [1.82, 2.24) is 0 Å². The van der Waals surface area contributed by atoms with Crippen molar-refractivity contribution in [1.29, 1.82) is 0 Å². The number of carbonyl (C=O) groups is 1. The second-order valence-electron chi connectivity index (χ2n) is 4.57. The number of ether oxygens (including phenoxy) is 2. The highest BCUT2D eigenvalue weighted by Crippen LogP contribution is 2.36. The summed E-state index contributed by atoms with van der Waals surface area (Å²) in [4.78, 5) is 14.4. The van der Waals surface area contributed by atoms with E-state index in [1.165, 1.54) is 11.3 Å². The number of hydrogen-bond acceptors (Lipinski definition) is 4. The zero-order valence-corrected chi connectivity index (χ0v) is 13.3. The Morgan fingerprint density at radius 2 is 1.90 bits per heavy atom. The van der Waals surface area contributed by atoms with Crippen LogP contribution in [0.15, 0.2) is 28.7 Å². The molecule has 0 unspecified atom stereocenters. The van der Waals surface area contributed by atoms with Crippen molar-refractivity contribution in [2.45, 2.75) is 13.3 Å². The molecule has 0 bridgehead atoms. The van der Waals surface area contributed by atoms with Gasteiger partial charge in [-0.05, 0) is 47.1 Å². The van der Waals surface area contributed by atoms with Gasteiger partial charge in [-0.2, -0.15) is 0 Å². The monoisotopic (exact) mass is 352 g/mol. The Kier molecular flexibility index (Phi) is 3.81. The summed E-state index contributed by atoms with van der Waals surface area (Å²) in [6.07, 6.45) is 0.847. The molecule has 3 nitrogen and oxygen atoms in total. The average molecular weight is 353 g/mol. The van der Waals surface area contributed by atoms with Crippen LogP contribution in [0.25, 0.3) is 0 Å². The average Bonchev–Trinajstić information content (AvgIpc) is 2.73. The maximum Gasteiger partial charge on any atom is 0.204 e. The van der Waals surface area contributed by atoms with E-state index in [1.807, 2.05) is 25.1 Å². The number of rotatable bonds is 2. The van der Waals surface area contributed by atoms with E-state index in [-0.39, 0.29) is 5.78 Å². The molecular formula is C15H13BrO3S. The summed E-state index contributed by atoms with van der Waals surface area (Å²) in [5, 5.41) is 0. The van der Waals surface area contributed by atoms with Crippen LogP contribution in [-0.4, -0.2) is 19.0 Å². The summed E-state index contributed by atoms with van der Waals surface area (Å²) >= 11 is 4.95. The Labute approximate surface area is 129 Å². The van der Waals surface area contributed by atoms with Crippen LogP contribution in [0.4, 0.5) is 0 Å². The van der Waals surface area contributed by atoms with Crippen molar-refractivity contribution in [2.24, 2.45) is 0 Å². The molecule has 20 heavy (non-hydrogen) atoms. The predicted octanol–water partition coefficient (Wildman–Crippen LogP) is 4.21. The molecule has 0 amide bonds. The number of aryl methyl sites for hydroxylation is 1. The van der Waals surface area contributed by atoms with E-state index >= 15 is 0 Å². The molecule has 0 radical (unpaired) electrons. The quantitative estimate of drug-likeness (QED) is 0.759. The first-order valence-electron chi connectivity index (χ1n) is 6.35. The van der Waals surface area contributed by atoms with E-state index in [0.717, 1.165) is 20.6 Å². The Hall–Kier alpha value is -1.33. The lowest BCUT2D eigenvalue weighted by Crippen LogP contribution is -2.02. The number of hydrogen-bond donors (Lipinski definition) is 0. The van der Waals surface area contributed by atoms with Crippen molar-refractivity contribution in [3.63, 3.8) is 0 Å². The van der Waals surface area contributed by atoms with Crippen LogP contribution in [0.3, 0.4) is 0 Å². The van der Waals surface area contributed by atoms with Crippen molar-refractivity contribution in [3.8, 4) is 11.5 Å². The van der Waals surface area contributed by atoms with Crippen LogP contribution in [0.5, 0.6) is 11.5 Å².